The molecular formula is C18H13NO2. The number of hydrogen-bond acceptors (Lipinski definition) is 3. The Morgan fingerprint density at radius 2 is 1.57 bits per heavy atom. The van der Waals surface area contributed by atoms with E-state index >= 15 is 0 Å². The number of nitrogens with zero attached hydrogens (tertiary/aromatic N) is 1. The van der Waals surface area contributed by atoms with Crippen LogP contribution in [-0.4, -0.2) is 12.1 Å². The summed E-state index contributed by atoms with van der Waals surface area (Å²) in [5, 5.41) is 12.5. The molecule has 0 N–H and O–H groups in total. The number of benzene rings is 3. The molecule has 1 atom stereocenters. The molecule has 0 heterocycles. The van der Waals surface area contributed by atoms with E-state index in [1.54, 1.807) is 6.92 Å². The number of ether oxygens (including phenoxy) is 1. The van der Waals surface area contributed by atoms with Gasteiger partial charge in [-0.05, 0) is 34.5 Å². The van der Waals surface area contributed by atoms with Gasteiger partial charge in [-0.3, -0.25) is 0 Å². The summed E-state index contributed by atoms with van der Waals surface area (Å²) in [5.41, 5.74) is 0.519. The number of hydrogen-bond donors (Lipinski definition) is 0. The maximum absolute atomic E-state index is 12.5. The van der Waals surface area contributed by atoms with Crippen LogP contribution in [0.1, 0.15) is 17.3 Å². The fourth-order valence-electron chi connectivity index (χ4n) is 2.48. The van der Waals surface area contributed by atoms with Crippen molar-refractivity contribution in [1.82, 2.24) is 0 Å². The Bertz CT molecular complexity index is 823. The van der Waals surface area contributed by atoms with Crippen molar-refractivity contribution in [2.45, 2.75) is 13.0 Å². The van der Waals surface area contributed by atoms with Gasteiger partial charge in [0.1, 0.15) is 6.07 Å². The predicted molar refractivity (Wildman–Crippen MR) is 81.9 cm³/mol. The van der Waals surface area contributed by atoms with Gasteiger partial charge in [-0.15, -0.1) is 0 Å². The van der Waals surface area contributed by atoms with Gasteiger partial charge in [-0.25, -0.2) is 4.79 Å². The summed E-state index contributed by atoms with van der Waals surface area (Å²) in [7, 11) is 0. The summed E-state index contributed by atoms with van der Waals surface area (Å²) in [6.45, 7) is 1.56. The molecule has 0 aliphatic carbocycles. The average molecular weight is 275 g/mol. The number of rotatable bonds is 2. The topological polar surface area (TPSA) is 50.1 Å². The van der Waals surface area contributed by atoms with E-state index in [0.29, 0.717) is 5.56 Å². The lowest BCUT2D eigenvalue weighted by molar-refractivity contribution is 0.0440. The van der Waals surface area contributed by atoms with E-state index in [9.17, 15) is 4.79 Å². The standard InChI is InChI=1S/C18H13NO2/c1-12(11-19)21-18(20)17-15-8-4-2-6-13(15)10-14-7-3-5-9-16(14)17/h2-10,12H,1H3/t12-/m1/s1. The summed E-state index contributed by atoms with van der Waals surface area (Å²) in [4.78, 5) is 12.5. The lowest BCUT2D eigenvalue weighted by Gasteiger charge is -2.12. The van der Waals surface area contributed by atoms with Crippen LogP contribution in [0.25, 0.3) is 21.5 Å². The van der Waals surface area contributed by atoms with E-state index in [0.717, 1.165) is 21.5 Å². The lowest BCUT2D eigenvalue weighted by Crippen LogP contribution is -2.13. The van der Waals surface area contributed by atoms with Crippen LogP contribution in [0.15, 0.2) is 54.6 Å². The van der Waals surface area contributed by atoms with E-state index in [-0.39, 0.29) is 0 Å². The van der Waals surface area contributed by atoms with Crippen molar-refractivity contribution in [3.63, 3.8) is 0 Å². The Labute approximate surface area is 122 Å². The second-order valence-corrected chi connectivity index (χ2v) is 4.87. The molecule has 0 saturated carbocycles. The summed E-state index contributed by atoms with van der Waals surface area (Å²) in [5.74, 6) is -0.461. The molecule has 0 unspecified atom stereocenters. The van der Waals surface area contributed by atoms with Crippen LogP contribution >= 0.6 is 0 Å². The number of carbonyl (C=O) groups excluding carboxylic acids is 1. The van der Waals surface area contributed by atoms with Crippen LogP contribution in [-0.2, 0) is 4.74 Å². The molecule has 0 amide bonds. The first-order chi connectivity index (χ1) is 10.2. The van der Waals surface area contributed by atoms with Crippen molar-refractivity contribution < 1.29 is 9.53 Å². The van der Waals surface area contributed by atoms with Gasteiger partial charge in [-0.1, -0.05) is 48.5 Å². The van der Waals surface area contributed by atoms with E-state index < -0.39 is 12.1 Å². The molecule has 0 fully saturated rings. The monoisotopic (exact) mass is 275 g/mol. The Balaban J connectivity index is 2.30. The van der Waals surface area contributed by atoms with E-state index in [1.165, 1.54) is 0 Å². The maximum Gasteiger partial charge on any atom is 0.340 e. The van der Waals surface area contributed by atoms with Crippen molar-refractivity contribution >= 4 is 27.5 Å². The highest BCUT2D eigenvalue weighted by molar-refractivity contribution is 6.16. The highest BCUT2D eigenvalue weighted by atomic mass is 16.5. The molecule has 0 radical (unpaired) electrons. The van der Waals surface area contributed by atoms with Crippen molar-refractivity contribution in [3.8, 4) is 6.07 Å². The first-order valence-electron chi connectivity index (χ1n) is 6.72. The number of fused-ring (bicyclic) bond motifs is 2. The minimum atomic E-state index is -0.768. The van der Waals surface area contributed by atoms with Gasteiger partial charge in [0.15, 0.2) is 6.10 Å². The SMILES string of the molecule is C[C@H](C#N)OC(=O)c1c2ccccc2cc2ccccc12. The zero-order valence-electron chi connectivity index (χ0n) is 11.5. The van der Waals surface area contributed by atoms with Crippen molar-refractivity contribution in [3.05, 3.63) is 60.2 Å². The van der Waals surface area contributed by atoms with Gasteiger partial charge in [0.05, 0.1) is 5.56 Å². The molecule has 0 aliphatic heterocycles. The molecule has 102 valence electrons. The number of carbonyl (C=O) groups is 1. The van der Waals surface area contributed by atoms with Crippen LogP contribution in [0.5, 0.6) is 0 Å². The van der Waals surface area contributed by atoms with Crippen LogP contribution in [0.2, 0.25) is 0 Å². The Hall–Kier alpha value is -2.86. The maximum atomic E-state index is 12.5. The molecule has 0 aromatic heterocycles. The summed E-state index contributed by atoms with van der Waals surface area (Å²) in [6.07, 6.45) is -0.768. The minimum Gasteiger partial charge on any atom is -0.444 e. The minimum absolute atomic E-state index is 0.461. The van der Waals surface area contributed by atoms with E-state index in [2.05, 4.69) is 6.07 Å². The van der Waals surface area contributed by atoms with Crippen LogP contribution < -0.4 is 0 Å². The van der Waals surface area contributed by atoms with E-state index in [1.807, 2.05) is 54.6 Å². The smallest absolute Gasteiger partial charge is 0.340 e. The quantitative estimate of drug-likeness (QED) is 0.523. The van der Waals surface area contributed by atoms with Gasteiger partial charge < -0.3 is 4.74 Å². The average Bonchev–Trinajstić information content (AvgIpc) is 2.52. The number of nitriles is 1. The zero-order valence-corrected chi connectivity index (χ0v) is 11.5. The largest absolute Gasteiger partial charge is 0.444 e. The van der Waals surface area contributed by atoms with Gasteiger partial charge in [0.2, 0.25) is 0 Å². The summed E-state index contributed by atoms with van der Waals surface area (Å²) >= 11 is 0. The van der Waals surface area contributed by atoms with Gasteiger partial charge in [-0.2, -0.15) is 5.26 Å². The molecule has 3 aromatic carbocycles. The Kier molecular flexibility index (Phi) is 3.29. The van der Waals surface area contributed by atoms with Gasteiger partial charge in [0, 0.05) is 0 Å². The predicted octanol–water partition coefficient (Wildman–Crippen LogP) is 4.06. The second kappa shape index (κ2) is 5.26. The third-order valence-corrected chi connectivity index (χ3v) is 3.44. The highest BCUT2D eigenvalue weighted by Gasteiger charge is 2.18. The van der Waals surface area contributed by atoms with Crippen LogP contribution in [0.3, 0.4) is 0 Å². The molecule has 3 heteroatoms. The van der Waals surface area contributed by atoms with Crippen molar-refractivity contribution in [1.29, 1.82) is 5.26 Å². The molecule has 3 rings (SSSR count). The van der Waals surface area contributed by atoms with Crippen LogP contribution in [0, 0.1) is 11.3 Å². The molecular weight excluding hydrogens is 262 g/mol. The zero-order chi connectivity index (χ0) is 14.8. The molecule has 3 aromatic rings. The van der Waals surface area contributed by atoms with Crippen molar-refractivity contribution in [2.75, 3.05) is 0 Å². The molecule has 21 heavy (non-hydrogen) atoms. The molecule has 3 nitrogen and oxygen atoms in total. The lowest BCUT2D eigenvalue weighted by atomic mass is 9.97. The number of esters is 1. The van der Waals surface area contributed by atoms with Gasteiger partial charge in [0.25, 0.3) is 0 Å². The fourth-order valence-corrected chi connectivity index (χ4v) is 2.48. The molecule has 0 spiro atoms. The Morgan fingerprint density at radius 1 is 1.05 bits per heavy atom. The van der Waals surface area contributed by atoms with Crippen LogP contribution in [0.4, 0.5) is 0 Å². The highest BCUT2D eigenvalue weighted by Crippen LogP contribution is 2.29. The first kappa shape index (κ1) is 13.1. The summed E-state index contributed by atoms with van der Waals surface area (Å²) in [6, 6.07) is 19.3. The second-order valence-electron chi connectivity index (χ2n) is 4.87. The fraction of sp³-hybridized carbons (Fsp3) is 0.111. The molecule has 0 aliphatic rings. The normalized spacial score (nSPS) is 12.0. The molecule has 0 saturated heterocycles. The third-order valence-electron chi connectivity index (χ3n) is 3.44. The van der Waals surface area contributed by atoms with Gasteiger partial charge >= 0.3 is 5.97 Å². The summed E-state index contributed by atoms with van der Waals surface area (Å²) < 4.78 is 5.20. The first-order valence-corrected chi connectivity index (χ1v) is 6.72. The Morgan fingerprint density at radius 3 is 2.10 bits per heavy atom. The van der Waals surface area contributed by atoms with Crippen molar-refractivity contribution in [2.24, 2.45) is 0 Å². The van der Waals surface area contributed by atoms with E-state index in [4.69, 9.17) is 10.00 Å². The molecule has 0 bridgehead atoms. The third kappa shape index (κ3) is 2.32.